The van der Waals surface area contributed by atoms with Gasteiger partial charge < -0.3 is 9.30 Å². The number of H-pyrrole nitrogens is 1. The molecule has 23 heavy (non-hydrogen) atoms. The number of aromatic nitrogens is 5. The average molecular weight is 310 g/mol. The molecular weight excluding hydrogens is 292 g/mol. The number of hydrogen-bond donors (Lipinski definition) is 1. The molecule has 4 rings (SSSR count). The van der Waals surface area contributed by atoms with E-state index in [2.05, 4.69) is 20.2 Å². The minimum absolute atomic E-state index is 0.0533. The fraction of sp³-hybridized carbons (Fsp3) is 0.375. The first-order chi connectivity index (χ1) is 11.2. The summed E-state index contributed by atoms with van der Waals surface area (Å²) < 4.78 is 1.87. The van der Waals surface area contributed by atoms with Crippen LogP contribution in [0.4, 0.5) is 0 Å². The molecule has 3 aromatic rings. The molecule has 1 aliphatic rings. The Balaban J connectivity index is 1.55. The van der Waals surface area contributed by atoms with Crippen molar-refractivity contribution >= 4 is 11.6 Å². The molecule has 7 nitrogen and oxygen atoms in total. The van der Waals surface area contributed by atoms with E-state index < -0.39 is 0 Å². The Morgan fingerprint density at radius 3 is 3.13 bits per heavy atom. The lowest BCUT2D eigenvalue weighted by Gasteiger charge is -2.31. The molecular formula is C16H18N6O. The highest BCUT2D eigenvalue weighted by Gasteiger charge is 2.27. The molecule has 1 fully saturated rings. The molecule has 1 unspecified atom stereocenters. The van der Waals surface area contributed by atoms with E-state index in [1.807, 2.05) is 40.8 Å². The highest BCUT2D eigenvalue weighted by Crippen LogP contribution is 2.25. The number of imidazole rings is 1. The Kier molecular flexibility index (Phi) is 3.33. The quantitative estimate of drug-likeness (QED) is 0.782. The fourth-order valence-electron chi connectivity index (χ4n) is 3.14. The summed E-state index contributed by atoms with van der Waals surface area (Å²) in [4.78, 5) is 23.3. The number of fused-ring (bicyclic) bond motifs is 1. The van der Waals surface area contributed by atoms with Crippen LogP contribution >= 0.6 is 0 Å². The van der Waals surface area contributed by atoms with Crippen LogP contribution in [0, 0.1) is 6.92 Å². The first-order valence-corrected chi connectivity index (χ1v) is 7.81. The number of carbonyl (C=O) groups is 1. The first-order valence-electron chi connectivity index (χ1n) is 7.81. The molecule has 0 aromatic carbocycles. The number of nitrogens with zero attached hydrogens (tertiary/aromatic N) is 5. The van der Waals surface area contributed by atoms with Gasteiger partial charge in [-0.25, -0.2) is 9.97 Å². The van der Waals surface area contributed by atoms with Crippen LogP contribution in [0.5, 0.6) is 0 Å². The standard InChI is InChI=1S/C16H18N6O/c1-11-18-15(20-19-11)12-3-2-7-22(9-12)16(23)13-4-5-14-17-6-8-21(14)10-13/h4-6,8,10,12H,2-3,7,9H2,1H3,(H,18,19,20). The van der Waals surface area contributed by atoms with Crippen LogP contribution in [0.2, 0.25) is 0 Å². The highest BCUT2D eigenvalue weighted by atomic mass is 16.2. The van der Waals surface area contributed by atoms with Crippen molar-refractivity contribution in [1.29, 1.82) is 0 Å². The number of amides is 1. The third-order valence-electron chi connectivity index (χ3n) is 4.32. The summed E-state index contributed by atoms with van der Waals surface area (Å²) in [6.07, 6.45) is 7.40. The maximum Gasteiger partial charge on any atom is 0.255 e. The smallest absolute Gasteiger partial charge is 0.255 e. The van der Waals surface area contributed by atoms with Gasteiger partial charge in [0.25, 0.3) is 5.91 Å². The molecule has 7 heteroatoms. The molecule has 3 aromatic heterocycles. The van der Waals surface area contributed by atoms with Gasteiger partial charge in [-0.2, -0.15) is 5.10 Å². The summed E-state index contributed by atoms with van der Waals surface area (Å²) in [6.45, 7) is 3.33. The third kappa shape index (κ3) is 2.58. The topological polar surface area (TPSA) is 79.2 Å². The van der Waals surface area contributed by atoms with E-state index in [1.54, 1.807) is 6.20 Å². The summed E-state index contributed by atoms with van der Waals surface area (Å²) in [6, 6.07) is 3.71. The Hall–Kier alpha value is -2.70. The second-order valence-electron chi connectivity index (χ2n) is 5.98. The van der Waals surface area contributed by atoms with Gasteiger partial charge >= 0.3 is 0 Å². The van der Waals surface area contributed by atoms with Crippen LogP contribution in [-0.2, 0) is 0 Å². The predicted octanol–water partition coefficient (Wildman–Crippen LogP) is 1.78. The number of piperidine rings is 1. The number of carbonyl (C=O) groups excluding carboxylic acids is 1. The van der Waals surface area contributed by atoms with Crippen molar-refractivity contribution in [3.63, 3.8) is 0 Å². The predicted molar refractivity (Wildman–Crippen MR) is 84.2 cm³/mol. The number of aryl methyl sites for hydroxylation is 1. The SMILES string of the molecule is Cc1nc(C2CCCN(C(=O)c3ccc4nccn4c3)C2)n[nH]1. The first kappa shape index (κ1) is 13.9. The Labute approximate surface area is 133 Å². The summed E-state index contributed by atoms with van der Waals surface area (Å²) in [7, 11) is 0. The Bertz CT molecular complexity index is 851. The van der Waals surface area contributed by atoms with E-state index in [0.717, 1.165) is 36.7 Å². The molecule has 0 spiro atoms. The molecule has 0 aliphatic carbocycles. The molecule has 1 amide bonds. The second kappa shape index (κ2) is 5.49. The summed E-state index contributed by atoms with van der Waals surface area (Å²) in [5, 5.41) is 7.14. The third-order valence-corrected chi connectivity index (χ3v) is 4.32. The summed E-state index contributed by atoms with van der Waals surface area (Å²) in [5.74, 6) is 1.88. The van der Waals surface area contributed by atoms with Crippen LogP contribution in [0.15, 0.2) is 30.7 Å². The lowest BCUT2D eigenvalue weighted by molar-refractivity contribution is 0.0704. The molecule has 0 radical (unpaired) electrons. The van der Waals surface area contributed by atoms with Crippen molar-refractivity contribution in [1.82, 2.24) is 29.5 Å². The van der Waals surface area contributed by atoms with E-state index in [9.17, 15) is 4.79 Å². The Morgan fingerprint density at radius 1 is 1.39 bits per heavy atom. The maximum absolute atomic E-state index is 12.8. The van der Waals surface area contributed by atoms with Crippen molar-refractivity contribution in [2.24, 2.45) is 0 Å². The van der Waals surface area contributed by atoms with Gasteiger partial charge in [0, 0.05) is 37.6 Å². The van der Waals surface area contributed by atoms with Gasteiger partial charge in [0.1, 0.15) is 11.5 Å². The number of hydrogen-bond acceptors (Lipinski definition) is 4. The summed E-state index contributed by atoms with van der Waals surface area (Å²) >= 11 is 0. The zero-order chi connectivity index (χ0) is 15.8. The zero-order valence-corrected chi connectivity index (χ0v) is 12.9. The normalized spacial score (nSPS) is 18.5. The van der Waals surface area contributed by atoms with Crippen molar-refractivity contribution in [2.45, 2.75) is 25.7 Å². The van der Waals surface area contributed by atoms with Crippen molar-refractivity contribution in [3.8, 4) is 0 Å². The van der Waals surface area contributed by atoms with Gasteiger partial charge in [-0.05, 0) is 31.9 Å². The lowest BCUT2D eigenvalue weighted by Crippen LogP contribution is -2.39. The van der Waals surface area contributed by atoms with E-state index >= 15 is 0 Å². The van der Waals surface area contributed by atoms with Crippen LogP contribution < -0.4 is 0 Å². The number of aromatic amines is 1. The molecule has 0 bridgehead atoms. The second-order valence-corrected chi connectivity index (χ2v) is 5.98. The van der Waals surface area contributed by atoms with E-state index in [-0.39, 0.29) is 11.8 Å². The van der Waals surface area contributed by atoms with Gasteiger partial charge in [-0.15, -0.1) is 0 Å². The molecule has 0 saturated carbocycles. The molecule has 1 N–H and O–H groups in total. The molecule has 1 saturated heterocycles. The van der Waals surface area contributed by atoms with E-state index in [4.69, 9.17) is 0 Å². The van der Waals surface area contributed by atoms with Gasteiger partial charge in [-0.3, -0.25) is 9.89 Å². The van der Waals surface area contributed by atoms with E-state index in [0.29, 0.717) is 12.1 Å². The van der Waals surface area contributed by atoms with Crippen LogP contribution in [0.25, 0.3) is 5.65 Å². The monoisotopic (exact) mass is 310 g/mol. The zero-order valence-electron chi connectivity index (χ0n) is 12.9. The lowest BCUT2D eigenvalue weighted by atomic mass is 9.97. The van der Waals surface area contributed by atoms with Crippen LogP contribution in [0.3, 0.4) is 0 Å². The average Bonchev–Trinajstić information content (AvgIpc) is 3.22. The van der Waals surface area contributed by atoms with Crippen molar-refractivity contribution in [2.75, 3.05) is 13.1 Å². The van der Waals surface area contributed by atoms with E-state index in [1.165, 1.54) is 0 Å². The van der Waals surface area contributed by atoms with Crippen LogP contribution in [0.1, 0.15) is 40.8 Å². The minimum atomic E-state index is 0.0533. The van der Waals surface area contributed by atoms with Gasteiger partial charge in [0.2, 0.25) is 0 Å². The number of nitrogens with one attached hydrogen (secondary N) is 1. The van der Waals surface area contributed by atoms with Gasteiger partial charge in [-0.1, -0.05) is 0 Å². The molecule has 1 aliphatic heterocycles. The van der Waals surface area contributed by atoms with Gasteiger partial charge in [0.05, 0.1) is 5.56 Å². The van der Waals surface area contributed by atoms with Crippen molar-refractivity contribution in [3.05, 3.63) is 47.9 Å². The Morgan fingerprint density at radius 2 is 2.30 bits per heavy atom. The number of likely N-dealkylation sites (tertiary alicyclic amines) is 1. The molecule has 118 valence electrons. The van der Waals surface area contributed by atoms with Crippen LogP contribution in [-0.4, -0.2) is 48.5 Å². The largest absolute Gasteiger partial charge is 0.338 e. The fourth-order valence-corrected chi connectivity index (χ4v) is 3.14. The molecule has 1 atom stereocenters. The van der Waals surface area contributed by atoms with Crippen molar-refractivity contribution < 1.29 is 4.79 Å². The number of rotatable bonds is 2. The maximum atomic E-state index is 12.8. The number of pyridine rings is 1. The minimum Gasteiger partial charge on any atom is -0.338 e. The van der Waals surface area contributed by atoms with Gasteiger partial charge in [0.15, 0.2) is 5.82 Å². The molecule has 4 heterocycles. The summed E-state index contributed by atoms with van der Waals surface area (Å²) in [5.41, 5.74) is 1.52. The highest BCUT2D eigenvalue weighted by molar-refractivity contribution is 5.94.